The van der Waals surface area contributed by atoms with Gasteiger partial charge in [0.1, 0.15) is 11.6 Å². The minimum absolute atomic E-state index is 0.493. The number of anilines is 1. The first-order chi connectivity index (χ1) is 6.84. The van der Waals surface area contributed by atoms with Gasteiger partial charge in [0.15, 0.2) is 5.82 Å². The molecule has 2 aromatic rings. The van der Waals surface area contributed by atoms with Gasteiger partial charge >= 0.3 is 0 Å². The smallest absolute Gasteiger partial charge is 0.213 e. The highest BCUT2D eigenvalue weighted by molar-refractivity contribution is 5.32. The Morgan fingerprint density at radius 2 is 2.36 bits per heavy atom. The van der Waals surface area contributed by atoms with Gasteiger partial charge in [-0.25, -0.2) is 9.97 Å². The highest BCUT2D eigenvalue weighted by atomic mass is 16.5. The first-order valence-electron chi connectivity index (χ1n) is 4.13. The highest BCUT2D eigenvalue weighted by Crippen LogP contribution is 2.02. The maximum Gasteiger partial charge on any atom is 0.213 e. The first-order valence-corrected chi connectivity index (χ1v) is 4.13. The molecule has 14 heavy (non-hydrogen) atoms. The lowest BCUT2D eigenvalue weighted by Gasteiger charge is -2.01. The molecule has 2 aromatic heterocycles. The van der Waals surface area contributed by atoms with Crippen LogP contribution in [0.1, 0.15) is 11.6 Å². The fourth-order valence-corrected chi connectivity index (χ4v) is 0.995. The van der Waals surface area contributed by atoms with Crippen LogP contribution < -0.4 is 5.32 Å². The van der Waals surface area contributed by atoms with Gasteiger partial charge < -0.3 is 9.84 Å². The summed E-state index contributed by atoms with van der Waals surface area (Å²) in [4.78, 5) is 12.0. The molecule has 1 N–H and O–H groups in total. The normalized spacial score (nSPS) is 10.1. The fourth-order valence-electron chi connectivity index (χ4n) is 0.995. The fraction of sp³-hybridized carbons (Fsp3) is 0.250. The second kappa shape index (κ2) is 3.82. The van der Waals surface area contributed by atoms with Gasteiger partial charge in [0.25, 0.3) is 0 Å². The Bertz CT molecular complexity index is 400. The van der Waals surface area contributed by atoms with Gasteiger partial charge in [0, 0.05) is 6.20 Å². The lowest BCUT2D eigenvalue weighted by molar-refractivity contribution is 0.411. The molecule has 0 saturated carbocycles. The van der Waals surface area contributed by atoms with Crippen molar-refractivity contribution in [1.82, 2.24) is 20.1 Å². The largest absolute Gasteiger partial charge is 0.363 e. The molecule has 0 atom stereocenters. The number of rotatable bonds is 3. The molecule has 0 unspecified atom stereocenters. The predicted octanol–water partition coefficient (Wildman–Crippen LogP) is 0.780. The molecule has 6 heteroatoms. The van der Waals surface area contributed by atoms with E-state index in [4.69, 9.17) is 0 Å². The van der Waals surface area contributed by atoms with Gasteiger partial charge in [-0.05, 0) is 13.0 Å². The van der Waals surface area contributed by atoms with Crippen LogP contribution in [-0.4, -0.2) is 20.1 Å². The SMILES string of the molecule is Cc1nccc(NCc2ncon2)n1. The Kier molecular flexibility index (Phi) is 2.35. The molecule has 0 aliphatic rings. The topological polar surface area (TPSA) is 76.7 Å². The van der Waals surface area contributed by atoms with Gasteiger partial charge in [0.05, 0.1) is 6.54 Å². The molecule has 0 aliphatic carbocycles. The molecule has 0 saturated heterocycles. The van der Waals surface area contributed by atoms with Gasteiger partial charge in [-0.3, -0.25) is 0 Å². The second-order valence-corrected chi connectivity index (χ2v) is 2.69. The Hall–Kier alpha value is -1.98. The van der Waals surface area contributed by atoms with Crippen molar-refractivity contribution in [3.8, 4) is 0 Å². The molecule has 0 spiro atoms. The van der Waals surface area contributed by atoms with Crippen molar-refractivity contribution >= 4 is 5.82 Å². The second-order valence-electron chi connectivity index (χ2n) is 2.69. The lowest BCUT2D eigenvalue weighted by Crippen LogP contribution is -2.03. The van der Waals surface area contributed by atoms with Crippen molar-refractivity contribution in [2.75, 3.05) is 5.32 Å². The van der Waals surface area contributed by atoms with E-state index in [-0.39, 0.29) is 0 Å². The van der Waals surface area contributed by atoms with Crippen LogP contribution in [0.15, 0.2) is 23.2 Å². The highest BCUT2D eigenvalue weighted by Gasteiger charge is 1.98. The summed E-state index contributed by atoms with van der Waals surface area (Å²) in [6.45, 7) is 2.33. The van der Waals surface area contributed by atoms with Crippen molar-refractivity contribution in [2.45, 2.75) is 13.5 Å². The first kappa shape index (κ1) is 8.61. The molecule has 72 valence electrons. The summed E-state index contributed by atoms with van der Waals surface area (Å²) >= 11 is 0. The maximum absolute atomic E-state index is 4.59. The molecule has 2 rings (SSSR count). The van der Waals surface area contributed by atoms with E-state index in [0.717, 1.165) is 11.6 Å². The predicted molar refractivity (Wildman–Crippen MR) is 48.4 cm³/mol. The summed E-state index contributed by atoms with van der Waals surface area (Å²) in [7, 11) is 0. The molecule has 0 bridgehead atoms. The van der Waals surface area contributed by atoms with E-state index in [1.54, 1.807) is 12.3 Å². The molecule has 0 aromatic carbocycles. The molecule has 0 aliphatic heterocycles. The van der Waals surface area contributed by atoms with Crippen molar-refractivity contribution < 1.29 is 4.52 Å². The van der Waals surface area contributed by atoms with E-state index < -0.39 is 0 Å². The van der Waals surface area contributed by atoms with Crippen LogP contribution in [0.4, 0.5) is 5.82 Å². The Morgan fingerprint density at radius 3 is 3.07 bits per heavy atom. The number of nitrogens with zero attached hydrogens (tertiary/aromatic N) is 4. The van der Waals surface area contributed by atoms with E-state index in [1.807, 2.05) is 6.92 Å². The molecule has 0 fully saturated rings. The quantitative estimate of drug-likeness (QED) is 0.772. The van der Waals surface area contributed by atoms with E-state index in [1.165, 1.54) is 6.39 Å². The van der Waals surface area contributed by atoms with Crippen LogP contribution in [-0.2, 0) is 6.54 Å². The van der Waals surface area contributed by atoms with Gasteiger partial charge in [-0.15, -0.1) is 0 Å². The lowest BCUT2D eigenvalue weighted by atomic mass is 10.5. The zero-order chi connectivity index (χ0) is 9.80. The summed E-state index contributed by atoms with van der Waals surface area (Å²) in [6.07, 6.45) is 2.99. The average Bonchev–Trinajstić information content (AvgIpc) is 2.67. The van der Waals surface area contributed by atoms with Crippen LogP contribution in [0, 0.1) is 6.92 Å². The van der Waals surface area contributed by atoms with Crippen molar-refractivity contribution in [3.63, 3.8) is 0 Å². The third-order valence-electron chi connectivity index (χ3n) is 1.61. The summed E-state index contributed by atoms with van der Waals surface area (Å²) in [6, 6.07) is 1.78. The van der Waals surface area contributed by atoms with Crippen molar-refractivity contribution in [3.05, 3.63) is 30.3 Å². The van der Waals surface area contributed by atoms with Gasteiger partial charge in [-0.2, -0.15) is 4.98 Å². The third kappa shape index (κ3) is 2.03. The molecule has 0 amide bonds. The summed E-state index contributed by atoms with van der Waals surface area (Å²) in [5.41, 5.74) is 0. The molecular weight excluding hydrogens is 182 g/mol. The summed E-state index contributed by atoms with van der Waals surface area (Å²) in [5.74, 6) is 2.08. The zero-order valence-electron chi connectivity index (χ0n) is 7.64. The van der Waals surface area contributed by atoms with Crippen molar-refractivity contribution in [2.24, 2.45) is 0 Å². The van der Waals surface area contributed by atoms with Gasteiger partial charge in [0.2, 0.25) is 6.39 Å². The average molecular weight is 191 g/mol. The number of aromatic nitrogens is 4. The number of hydrogen-bond donors (Lipinski definition) is 1. The van der Waals surface area contributed by atoms with Gasteiger partial charge in [-0.1, -0.05) is 5.16 Å². The number of hydrogen-bond acceptors (Lipinski definition) is 6. The van der Waals surface area contributed by atoms with Crippen LogP contribution in [0.5, 0.6) is 0 Å². The zero-order valence-corrected chi connectivity index (χ0v) is 7.64. The van der Waals surface area contributed by atoms with Crippen LogP contribution in [0.2, 0.25) is 0 Å². The molecular formula is C8H9N5O. The molecule has 2 heterocycles. The Labute approximate surface area is 80.4 Å². The van der Waals surface area contributed by atoms with Crippen LogP contribution >= 0.6 is 0 Å². The Balaban J connectivity index is 1.98. The van der Waals surface area contributed by atoms with E-state index in [9.17, 15) is 0 Å². The summed E-state index contributed by atoms with van der Waals surface area (Å²) in [5, 5.41) is 6.71. The number of nitrogens with one attached hydrogen (secondary N) is 1. The number of aryl methyl sites for hydroxylation is 1. The van der Waals surface area contributed by atoms with Crippen LogP contribution in [0.3, 0.4) is 0 Å². The third-order valence-corrected chi connectivity index (χ3v) is 1.61. The standard InChI is InChI=1S/C8H9N5O/c1-6-9-3-2-7(12-6)10-4-8-11-5-14-13-8/h2-3,5H,4H2,1H3,(H,9,10,12). The molecule has 6 nitrogen and oxygen atoms in total. The Morgan fingerprint density at radius 1 is 1.43 bits per heavy atom. The van der Waals surface area contributed by atoms with E-state index in [2.05, 4.69) is 29.9 Å². The minimum Gasteiger partial charge on any atom is -0.363 e. The van der Waals surface area contributed by atoms with E-state index in [0.29, 0.717) is 12.4 Å². The minimum atomic E-state index is 0.493. The van der Waals surface area contributed by atoms with Crippen LogP contribution in [0.25, 0.3) is 0 Å². The monoisotopic (exact) mass is 191 g/mol. The van der Waals surface area contributed by atoms with Crippen molar-refractivity contribution in [1.29, 1.82) is 0 Å². The molecule has 0 radical (unpaired) electrons. The van der Waals surface area contributed by atoms with E-state index >= 15 is 0 Å². The summed E-state index contributed by atoms with van der Waals surface area (Å²) < 4.78 is 4.59. The maximum atomic E-state index is 4.59.